The highest BCUT2D eigenvalue weighted by Crippen LogP contribution is 2.30. The van der Waals surface area contributed by atoms with Gasteiger partial charge in [-0.05, 0) is 48.4 Å². The van der Waals surface area contributed by atoms with E-state index in [0.29, 0.717) is 93.1 Å². The molecule has 5 N–H and O–H groups in total. The Labute approximate surface area is 262 Å². The first-order valence-electron chi connectivity index (χ1n) is 14.5. The van der Waals surface area contributed by atoms with Crippen LogP contribution in [0.5, 0.6) is 17.2 Å². The number of carbonyl (C=O) groups excluding carboxylic acids is 1. The third-order valence-corrected chi connectivity index (χ3v) is 6.38. The first-order valence-corrected chi connectivity index (χ1v) is 14.5. The number of phenols is 1. The van der Waals surface area contributed by atoms with E-state index >= 15 is 0 Å². The first-order chi connectivity index (χ1) is 22.0. The molecule has 1 aromatic heterocycles. The van der Waals surface area contributed by atoms with Crippen molar-refractivity contribution in [1.29, 1.82) is 0 Å². The average molecular weight is 618 g/mol. The molecule has 4 aromatic rings. The maximum Gasteiger partial charge on any atom is 0.251 e. The van der Waals surface area contributed by atoms with Gasteiger partial charge in [0.25, 0.3) is 5.91 Å². The topological polar surface area (TPSA) is 161 Å². The molecular formula is C32H39N7O6. The van der Waals surface area contributed by atoms with Crippen molar-refractivity contribution in [2.45, 2.75) is 6.42 Å². The predicted molar refractivity (Wildman–Crippen MR) is 172 cm³/mol. The Morgan fingerprint density at radius 3 is 2.04 bits per heavy atom. The number of methoxy groups -OCH3 is 2. The van der Waals surface area contributed by atoms with E-state index in [9.17, 15) is 9.90 Å². The normalized spacial score (nSPS) is 10.6. The van der Waals surface area contributed by atoms with Crippen LogP contribution < -0.4 is 30.7 Å². The fourth-order valence-electron chi connectivity index (χ4n) is 4.10. The zero-order valence-corrected chi connectivity index (χ0v) is 25.4. The van der Waals surface area contributed by atoms with Crippen molar-refractivity contribution < 1.29 is 28.8 Å². The van der Waals surface area contributed by atoms with Crippen LogP contribution in [0.25, 0.3) is 0 Å². The molecule has 3 aromatic carbocycles. The van der Waals surface area contributed by atoms with Crippen LogP contribution >= 0.6 is 0 Å². The molecule has 0 aliphatic heterocycles. The van der Waals surface area contributed by atoms with E-state index in [1.54, 1.807) is 50.6 Å². The Morgan fingerprint density at radius 2 is 1.36 bits per heavy atom. The average Bonchev–Trinajstić information content (AvgIpc) is 3.06. The zero-order valence-electron chi connectivity index (χ0n) is 25.4. The van der Waals surface area contributed by atoms with Gasteiger partial charge in [-0.15, -0.1) is 0 Å². The van der Waals surface area contributed by atoms with Gasteiger partial charge in [-0.3, -0.25) is 4.79 Å². The molecule has 13 heteroatoms. The van der Waals surface area contributed by atoms with Crippen LogP contribution in [0.1, 0.15) is 15.9 Å². The SMILES string of the molecule is COc1ccc(Nc2nc(NCCOCCOCCNC(=O)c3ccccc3)nc(NCCc3ccc(O)cc3)n2)cc1OC. The standard InChI is InChI=1S/C32H39N7O6/c1-42-27-13-10-25(22-28(27)43-2)36-32-38-30(34-15-14-23-8-11-26(40)12-9-23)37-31(39-32)35-17-19-45-21-20-44-18-16-33-29(41)24-6-4-3-5-7-24/h3-13,22,40H,14-21H2,1-2H3,(H,33,41)(H3,34,35,36,37,38,39). The molecule has 1 amide bonds. The van der Waals surface area contributed by atoms with Crippen LogP contribution in [-0.4, -0.2) is 86.2 Å². The van der Waals surface area contributed by atoms with E-state index < -0.39 is 0 Å². The fourth-order valence-corrected chi connectivity index (χ4v) is 4.10. The number of benzene rings is 3. The molecule has 0 atom stereocenters. The molecule has 0 radical (unpaired) electrons. The minimum absolute atomic E-state index is 0.127. The molecule has 0 spiro atoms. The summed E-state index contributed by atoms with van der Waals surface area (Å²) in [5.41, 5.74) is 2.39. The van der Waals surface area contributed by atoms with E-state index in [0.717, 1.165) is 5.56 Å². The molecule has 0 unspecified atom stereocenters. The molecule has 0 aliphatic rings. The number of rotatable bonds is 19. The van der Waals surface area contributed by atoms with Crippen LogP contribution in [0, 0.1) is 0 Å². The van der Waals surface area contributed by atoms with E-state index in [4.69, 9.17) is 18.9 Å². The summed E-state index contributed by atoms with van der Waals surface area (Å²) >= 11 is 0. The number of nitrogens with zero attached hydrogens (tertiary/aromatic N) is 3. The number of carbonyl (C=O) groups is 1. The molecule has 45 heavy (non-hydrogen) atoms. The van der Waals surface area contributed by atoms with E-state index in [1.165, 1.54) is 0 Å². The molecule has 238 valence electrons. The second-order valence-corrected chi connectivity index (χ2v) is 9.62. The minimum atomic E-state index is -0.127. The van der Waals surface area contributed by atoms with Crippen LogP contribution in [0.2, 0.25) is 0 Å². The number of hydrogen-bond donors (Lipinski definition) is 5. The van der Waals surface area contributed by atoms with Crippen LogP contribution in [0.3, 0.4) is 0 Å². The van der Waals surface area contributed by atoms with Gasteiger partial charge >= 0.3 is 0 Å². The minimum Gasteiger partial charge on any atom is -0.508 e. The Balaban J connectivity index is 1.23. The lowest BCUT2D eigenvalue weighted by atomic mass is 10.1. The van der Waals surface area contributed by atoms with Crippen molar-refractivity contribution in [1.82, 2.24) is 20.3 Å². The molecule has 1 heterocycles. The van der Waals surface area contributed by atoms with Gasteiger partial charge in [0.2, 0.25) is 17.8 Å². The highest BCUT2D eigenvalue weighted by atomic mass is 16.5. The summed E-state index contributed by atoms with van der Waals surface area (Å²) in [4.78, 5) is 25.6. The third-order valence-electron chi connectivity index (χ3n) is 6.38. The first kappa shape index (κ1) is 32.8. The summed E-state index contributed by atoms with van der Waals surface area (Å²) in [7, 11) is 3.15. The summed E-state index contributed by atoms with van der Waals surface area (Å²) in [6.45, 7) is 3.05. The lowest BCUT2D eigenvalue weighted by Crippen LogP contribution is -2.27. The van der Waals surface area contributed by atoms with Gasteiger partial charge in [0.15, 0.2) is 11.5 Å². The monoisotopic (exact) mass is 617 g/mol. The molecule has 4 rings (SSSR count). The number of amides is 1. The van der Waals surface area contributed by atoms with Crippen molar-refractivity contribution in [3.63, 3.8) is 0 Å². The Morgan fingerprint density at radius 1 is 0.711 bits per heavy atom. The molecule has 0 bridgehead atoms. The predicted octanol–water partition coefficient (Wildman–Crippen LogP) is 3.87. The maximum absolute atomic E-state index is 12.0. The Bertz CT molecular complexity index is 1480. The Kier molecular flexibility index (Phi) is 13.0. The van der Waals surface area contributed by atoms with Gasteiger partial charge in [-0.1, -0.05) is 30.3 Å². The largest absolute Gasteiger partial charge is 0.508 e. The number of ether oxygens (including phenoxy) is 4. The molecule has 0 saturated heterocycles. The van der Waals surface area contributed by atoms with Crippen molar-refractivity contribution in [2.24, 2.45) is 0 Å². The van der Waals surface area contributed by atoms with Crippen LogP contribution in [0.4, 0.5) is 23.5 Å². The second-order valence-electron chi connectivity index (χ2n) is 9.62. The van der Waals surface area contributed by atoms with Crippen LogP contribution in [0.15, 0.2) is 72.8 Å². The summed E-state index contributed by atoms with van der Waals surface area (Å²) in [6.07, 6.45) is 0.711. The summed E-state index contributed by atoms with van der Waals surface area (Å²) in [6, 6.07) is 21.5. The maximum atomic E-state index is 12.0. The van der Waals surface area contributed by atoms with Crippen molar-refractivity contribution in [3.8, 4) is 17.2 Å². The number of phenolic OH excluding ortho intramolecular Hbond substituents is 1. The van der Waals surface area contributed by atoms with Gasteiger partial charge in [-0.25, -0.2) is 0 Å². The van der Waals surface area contributed by atoms with Gasteiger partial charge in [0, 0.05) is 37.0 Å². The molecule has 0 saturated carbocycles. The quantitative estimate of drug-likeness (QED) is 0.0968. The van der Waals surface area contributed by atoms with Gasteiger partial charge in [0.1, 0.15) is 5.75 Å². The number of anilines is 4. The zero-order chi connectivity index (χ0) is 31.7. The smallest absolute Gasteiger partial charge is 0.251 e. The number of aromatic nitrogens is 3. The lowest BCUT2D eigenvalue weighted by molar-refractivity contribution is 0.0519. The number of nitrogens with one attached hydrogen (secondary N) is 4. The highest BCUT2D eigenvalue weighted by Gasteiger charge is 2.10. The Hall–Kier alpha value is -5.14. The van der Waals surface area contributed by atoms with Crippen molar-refractivity contribution in [2.75, 3.05) is 76.2 Å². The van der Waals surface area contributed by atoms with Gasteiger partial charge in [0.05, 0.1) is 40.6 Å². The van der Waals surface area contributed by atoms with E-state index in [1.807, 2.05) is 36.4 Å². The van der Waals surface area contributed by atoms with Gasteiger partial charge in [-0.2, -0.15) is 15.0 Å². The highest BCUT2D eigenvalue weighted by molar-refractivity contribution is 5.94. The fraction of sp³-hybridized carbons (Fsp3) is 0.312. The van der Waals surface area contributed by atoms with Gasteiger partial charge < -0.3 is 45.3 Å². The molecular weight excluding hydrogens is 578 g/mol. The molecule has 0 aliphatic carbocycles. The van der Waals surface area contributed by atoms with E-state index in [2.05, 4.69) is 36.2 Å². The summed E-state index contributed by atoms with van der Waals surface area (Å²) < 4.78 is 21.9. The van der Waals surface area contributed by atoms with E-state index in [-0.39, 0.29) is 11.7 Å². The third kappa shape index (κ3) is 11.1. The summed E-state index contributed by atoms with van der Waals surface area (Å²) in [5, 5.41) is 22.0. The summed E-state index contributed by atoms with van der Waals surface area (Å²) in [5.74, 6) is 2.38. The number of hydrogen-bond acceptors (Lipinski definition) is 12. The van der Waals surface area contributed by atoms with Crippen molar-refractivity contribution >= 4 is 29.4 Å². The second kappa shape index (κ2) is 17.9. The molecule has 13 nitrogen and oxygen atoms in total. The lowest BCUT2D eigenvalue weighted by Gasteiger charge is -2.13. The van der Waals surface area contributed by atoms with Crippen LogP contribution in [-0.2, 0) is 15.9 Å². The van der Waals surface area contributed by atoms with Crippen molar-refractivity contribution in [3.05, 3.63) is 83.9 Å². The molecule has 0 fully saturated rings. The number of aromatic hydroxyl groups is 1.